The van der Waals surface area contributed by atoms with Crippen LogP contribution in [0.25, 0.3) is 0 Å². The molecule has 20 heavy (non-hydrogen) atoms. The second kappa shape index (κ2) is 6.57. The molecule has 1 aromatic carbocycles. The SMILES string of the molecule is N[C@H]1CCCc2ccc(OCCN3CCOCC3)cc21. The van der Waals surface area contributed by atoms with E-state index in [9.17, 15) is 0 Å². The summed E-state index contributed by atoms with van der Waals surface area (Å²) in [5.41, 5.74) is 8.85. The second-order valence-electron chi connectivity index (χ2n) is 5.66. The number of nitrogens with zero attached hydrogens (tertiary/aromatic N) is 1. The zero-order valence-corrected chi connectivity index (χ0v) is 12.0. The van der Waals surface area contributed by atoms with Crippen LogP contribution in [0, 0.1) is 0 Å². The molecule has 1 aliphatic heterocycles. The van der Waals surface area contributed by atoms with Crippen molar-refractivity contribution in [1.82, 2.24) is 4.90 Å². The summed E-state index contributed by atoms with van der Waals surface area (Å²) >= 11 is 0. The fraction of sp³-hybridized carbons (Fsp3) is 0.625. The Labute approximate surface area is 120 Å². The molecule has 3 rings (SSSR count). The molecule has 0 aromatic heterocycles. The van der Waals surface area contributed by atoms with Crippen molar-refractivity contribution in [2.75, 3.05) is 39.5 Å². The van der Waals surface area contributed by atoms with Crippen molar-refractivity contribution in [2.45, 2.75) is 25.3 Å². The first-order valence-electron chi connectivity index (χ1n) is 7.64. The molecule has 1 aromatic rings. The van der Waals surface area contributed by atoms with Gasteiger partial charge in [0.1, 0.15) is 12.4 Å². The van der Waals surface area contributed by atoms with Gasteiger partial charge in [-0.05, 0) is 42.5 Å². The molecule has 1 atom stereocenters. The van der Waals surface area contributed by atoms with E-state index in [1.165, 1.54) is 17.5 Å². The highest BCUT2D eigenvalue weighted by molar-refractivity contribution is 5.39. The van der Waals surface area contributed by atoms with Crippen molar-refractivity contribution in [2.24, 2.45) is 5.73 Å². The lowest BCUT2D eigenvalue weighted by molar-refractivity contribution is 0.0322. The standard InChI is InChI=1S/C16H24N2O2/c17-16-3-1-2-13-4-5-14(12-15(13)16)20-11-8-18-6-9-19-10-7-18/h4-5,12,16H,1-3,6-11,17H2/t16-/m0/s1. The van der Waals surface area contributed by atoms with Crippen LogP contribution < -0.4 is 10.5 Å². The lowest BCUT2D eigenvalue weighted by atomic mass is 9.88. The van der Waals surface area contributed by atoms with Crippen LogP contribution >= 0.6 is 0 Å². The van der Waals surface area contributed by atoms with Crippen LogP contribution in [0.3, 0.4) is 0 Å². The topological polar surface area (TPSA) is 47.7 Å². The molecule has 1 aliphatic carbocycles. The number of nitrogens with two attached hydrogens (primary N) is 1. The fourth-order valence-corrected chi connectivity index (χ4v) is 3.02. The van der Waals surface area contributed by atoms with Gasteiger partial charge in [-0.2, -0.15) is 0 Å². The van der Waals surface area contributed by atoms with Crippen LogP contribution in [0.15, 0.2) is 18.2 Å². The summed E-state index contributed by atoms with van der Waals surface area (Å²) in [4.78, 5) is 2.38. The summed E-state index contributed by atoms with van der Waals surface area (Å²) in [6.07, 6.45) is 3.44. The quantitative estimate of drug-likeness (QED) is 0.910. The summed E-state index contributed by atoms with van der Waals surface area (Å²) in [6, 6.07) is 6.58. The molecule has 0 radical (unpaired) electrons. The zero-order valence-electron chi connectivity index (χ0n) is 12.0. The Morgan fingerprint density at radius 1 is 1.30 bits per heavy atom. The van der Waals surface area contributed by atoms with Crippen molar-refractivity contribution in [3.8, 4) is 5.75 Å². The van der Waals surface area contributed by atoms with E-state index in [1.54, 1.807) is 0 Å². The fourth-order valence-electron chi connectivity index (χ4n) is 3.02. The highest BCUT2D eigenvalue weighted by Gasteiger charge is 2.17. The summed E-state index contributed by atoms with van der Waals surface area (Å²) in [7, 11) is 0. The third kappa shape index (κ3) is 3.32. The molecule has 110 valence electrons. The van der Waals surface area contributed by atoms with Crippen LogP contribution in [0.5, 0.6) is 5.75 Å². The third-order valence-electron chi connectivity index (χ3n) is 4.26. The molecule has 4 heteroatoms. The lowest BCUT2D eigenvalue weighted by Crippen LogP contribution is -2.38. The minimum absolute atomic E-state index is 0.182. The predicted octanol–water partition coefficient (Wildman–Crippen LogP) is 1.73. The average Bonchev–Trinajstić information content (AvgIpc) is 2.49. The van der Waals surface area contributed by atoms with Gasteiger partial charge in [0.25, 0.3) is 0 Å². The number of morpholine rings is 1. The Hall–Kier alpha value is -1.10. The maximum Gasteiger partial charge on any atom is 0.119 e. The summed E-state index contributed by atoms with van der Waals surface area (Å²) < 4.78 is 11.2. The smallest absolute Gasteiger partial charge is 0.119 e. The molecule has 0 saturated carbocycles. The van der Waals surface area contributed by atoms with Gasteiger partial charge in [-0.3, -0.25) is 4.90 Å². The number of aryl methyl sites for hydroxylation is 1. The Balaban J connectivity index is 1.53. The normalized spacial score (nSPS) is 23.4. The molecule has 2 N–H and O–H groups in total. The Bertz CT molecular complexity index is 444. The molecule has 0 amide bonds. The van der Waals surface area contributed by atoms with Crippen molar-refractivity contribution in [1.29, 1.82) is 0 Å². The summed E-state index contributed by atoms with van der Waals surface area (Å²) in [6.45, 7) is 5.40. The van der Waals surface area contributed by atoms with Gasteiger partial charge < -0.3 is 15.2 Å². The van der Waals surface area contributed by atoms with E-state index >= 15 is 0 Å². The molecule has 4 nitrogen and oxygen atoms in total. The van der Waals surface area contributed by atoms with E-state index < -0.39 is 0 Å². The van der Waals surface area contributed by atoms with E-state index in [2.05, 4.69) is 23.1 Å². The number of hydrogen-bond acceptors (Lipinski definition) is 4. The van der Waals surface area contributed by atoms with Crippen LogP contribution in [0.2, 0.25) is 0 Å². The van der Waals surface area contributed by atoms with E-state index in [4.69, 9.17) is 15.2 Å². The molecule has 1 saturated heterocycles. The van der Waals surface area contributed by atoms with Gasteiger partial charge in [-0.15, -0.1) is 0 Å². The van der Waals surface area contributed by atoms with Gasteiger partial charge >= 0.3 is 0 Å². The van der Waals surface area contributed by atoms with Gasteiger partial charge in [-0.25, -0.2) is 0 Å². The first kappa shape index (κ1) is 13.9. The van der Waals surface area contributed by atoms with E-state index in [0.29, 0.717) is 0 Å². The summed E-state index contributed by atoms with van der Waals surface area (Å²) in [5.74, 6) is 0.953. The first-order valence-corrected chi connectivity index (χ1v) is 7.64. The maximum atomic E-state index is 6.18. The molecule has 1 fully saturated rings. The monoisotopic (exact) mass is 276 g/mol. The molecular formula is C16H24N2O2. The van der Waals surface area contributed by atoms with Crippen molar-refractivity contribution in [3.05, 3.63) is 29.3 Å². The Kier molecular flexibility index (Phi) is 4.55. The number of benzene rings is 1. The minimum Gasteiger partial charge on any atom is -0.492 e. The van der Waals surface area contributed by atoms with Crippen molar-refractivity contribution >= 4 is 0 Å². The van der Waals surface area contributed by atoms with Crippen LogP contribution in [0.1, 0.15) is 30.0 Å². The minimum atomic E-state index is 0.182. The van der Waals surface area contributed by atoms with Gasteiger partial charge in [0.15, 0.2) is 0 Å². The van der Waals surface area contributed by atoms with Crippen LogP contribution in [-0.2, 0) is 11.2 Å². The predicted molar refractivity (Wildman–Crippen MR) is 79.1 cm³/mol. The molecule has 0 spiro atoms. The average molecular weight is 276 g/mol. The highest BCUT2D eigenvalue weighted by atomic mass is 16.5. The van der Waals surface area contributed by atoms with E-state index in [0.717, 1.165) is 58.0 Å². The lowest BCUT2D eigenvalue weighted by Gasteiger charge is -2.26. The van der Waals surface area contributed by atoms with Gasteiger partial charge in [-0.1, -0.05) is 6.07 Å². The molecule has 0 unspecified atom stereocenters. The molecule has 0 bridgehead atoms. The van der Waals surface area contributed by atoms with Crippen LogP contribution in [0.4, 0.5) is 0 Å². The Morgan fingerprint density at radius 3 is 3.00 bits per heavy atom. The third-order valence-corrected chi connectivity index (χ3v) is 4.26. The van der Waals surface area contributed by atoms with Crippen LogP contribution in [-0.4, -0.2) is 44.4 Å². The molecule has 1 heterocycles. The molecular weight excluding hydrogens is 252 g/mol. The van der Waals surface area contributed by atoms with E-state index in [-0.39, 0.29) is 6.04 Å². The van der Waals surface area contributed by atoms with Crippen molar-refractivity contribution < 1.29 is 9.47 Å². The van der Waals surface area contributed by atoms with Gasteiger partial charge in [0.2, 0.25) is 0 Å². The zero-order chi connectivity index (χ0) is 13.8. The second-order valence-corrected chi connectivity index (χ2v) is 5.66. The number of fused-ring (bicyclic) bond motifs is 1. The maximum absolute atomic E-state index is 6.18. The van der Waals surface area contributed by atoms with Gasteiger partial charge in [0, 0.05) is 25.7 Å². The Morgan fingerprint density at radius 2 is 2.15 bits per heavy atom. The largest absolute Gasteiger partial charge is 0.492 e. The number of rotatable bonds is 4. The van der Waals surface area contributed by atoms with E-state index in [1.807, 2.05) is 0 Å². The van der Waals surface area contributed by atoms with Gasteiger partial charge in [0.05, 0.1) is 13.2 Å². The van der Waals surface area contributed by atoms with Crippen molar-refractivity contribution in [3.63, 3.8) is 0 Å². The first-order chi connectivity index (χ1) is 9.83. The number of hydrogen-bond donors (Lipinski definition) is 1. The highest BCUT2D eigenvalue weighted by Crippen LogP contribution is 2.30. The molecule has 2 aliphatic rings. The number of ether oxygens (including phenoxy) is 2. The summed E-state index contributed by atoms with van der Waals surface area (Å²) in [5, 5.41) is 0.